The van der Waals surface area contributed by atoms with Crippen molar-refractivity contribution in [1.82, 2.24) is 4.98 Å². The van der Waals surface area contributed by atoms with Gasteiger partial charge < -0.3 is 16.2 Å². The molecule has 0 aliphatic heterocycles. The lowest BCUT2D eigenvalue weighted by Gasteiger charge is -2.14. The van der Waals surface area contributed by atoms with Gasteiger partial charge in [0.05, 0.1) is 23.4 Å². The standard InChI is InChI=1S/C23H26N4O2/c1-3-15(2)12-13-29-21-11-7-5-9-17(21)20-14-18(22(28)27-23(24)25)16-8-4-6-10-19(16)26-20/h4-11,14-15H,3,12-13H2,1-2H3,(H4,24,25,27,28). The average Bonchev–Trinajstić information content (AvgIpc) is 2.72. The topological polar surface area (TPSA) is 104 Å². The average molecular weight is 390 g/mol. The summed E-state index contributed by atoms with van der Waals surface area (Å²) in [6.07, 6.45) is 2.09. The summed E-state index contributed by atoms with van der Waals surface area (Å²) in [6.45, 7) is 5.01. The van der Waals surface area contributed by atoms with Crippen molar-refractivity contribution >= 4 is 22.8 Å². The van der Waals surface area contributed by atoms with Crippen LogP contribution in [0.5, 0.6) is 5.75 Å². The van der Waals surface area contributed by atoms with Crippen molar-refractivity contribution in [3.05, 3.63) is 60.2 Å². The zero-order valence-electron chi connectivity index (χ0n) is 16.8. The first-order valence-electron chi connectivity index (χ1n) is 9.75. The molecule has 3 rings (SSSR count). The van der Waals surface area contributed by atoms with Gasteiger partial charge in [0.2, 0.25) is 0 Å². The molecule has 1 heterocycles. The molecule has 6 heteroatoms. The zero-order valence-corrected chi connectivity index (χ0v) is 16.8. The molecule has 150 valence electrons. The molecule has 1 atom stereocenters. The molecule has 1 unspecified atom stereocenters. The monoisotopic (exact) mass is 390 g/mol. The molecule has 0 aliphatic carbocycles. The maximum Gasteiger partial charge on any atom is 0.280 e. The van der Waals surface area contributed by atoms with Gasteiger partial charge in [-0.15, -0.1) is 0 Å². The van der Waals surface area contributed by atoms with Crippen LogP contribution in [0.15, 0.2) is 59.6 Å². The number of nitrogens with zero attached hydrogens (tertiary/aromatic N) is 2. The smallest absolute Gasteiger partial charge is 0.280 e. The second-order valence-electron chi connectivity index (χ2n) is 7.06. The van der Waals surface area contributed by atoms with Gasteiger partial charge in [0, 0.05) is 10.9 Å². The van der Waals surface area contributed by atoms with E-state index < -0.39 is 5.91 Å². The Morgan fingerprint density at radius 3 is 2.62 bits per heavy atom. The molecule has 0 aliphatic rings. The molecule has 2 aromatic carbocycles. The summed E-state index contributed by atoms with van der Waals surface area (Å²) in [5.41, 5.74) is 13.4. The fourth-order valence-electron chi connectivity index (χ4n) is 3.05. The van der Waals surface area contributed by atoms with E-state index in [0.29, 0.717) is 34.7 Å². The Hall–Kier alpha value is -3.41. The molecule has 0 spiro atoms. The molecule has 0 radical (unpaired) electrons. The summed E-state index contributed by atoms with van der Waals surface area (Å²) in [5.74, 6) is 0.565. The molecule has 1 amide bonds. The van der Waals surface area contributed by atoms with Crippen LogP contribution in [0.2, 0.25) is 0 Å². The second-order valence-corrected chi connectivity index (χ2v) is 7.06. The summed E-state index contributed by atoms with van der Waals surface area (Å²) in [5, 5.41) is 0.696. The van der Waals surface area contributed by atoms with Gasteiger partial charge in [0.25, 0.3) is 5.91 Å². The van der Waals surface area contributed by atoms with Crippen molar-refractivity contribution in [2.24, 2.45) is 22.4 Å². The van der Waals surface area contributed by atoms with Crippen LogP contribution < -0.4 is 16.2 Å². The van der Waals surface area contributed by atoms with E-state index in [1.54, 1.807) is 6.07 Å². The predicted molar refractivity (Wildman–Crippen MR) is 117 cm³/mol. The quantitative estimate of drug-likeness (QED) is 0.466. The zero-order chi connectivity index (χ0) is 20.8. The number of aromatic nitrogens is 1. The first-order valence-corrected chi connectivity index (χ1v) is 9.75. The van der Waals surface area contributed by atoms with Gasteiger partial charge in [0.1, 0.15) is 5.75 Å². The molecular weight excluding hydrogens is 364 g/mol. The molecule has 3 aromatic rings. The van der Waals surface area contributed by atoms with Crippen molar-refractivity contribution in [3.8, 4) is 17.0 Å². The highest BCUT2D eigenvalue weighted by atomic mass is 16.5. The maximum absolute atomic E-state index is 12.6. The Morgan fingerprint density at radius 2 is 1.86 bits per heavy atom. The van der Waals surface area contributed by atoms with Gasteiger partial charge >= 0.3 is 0 Å². The summed E-state index contributed by atoms with van der Waals surface area (Å²) < 4.78 is 6.05. The third kappa shape index (κ3) is 4.90. The van der Waals surface area contributed by atoms with Crippen LogP contribution in [0.4, 0.5) is 0 Å². The molecule has 0 bridgehead atoms. The molecule has 0 saturated heterocycles. The first-order chi connectivity index (χ1) is 14.0. The lowest BCUT2D eigenvalue weighted by atomic mass is 10.0. The van der Waals surface area contributed by atoms with Gasteiger partial charge in [-0.1, -0.05) is 50.6 Å². The summed E-state index contributed by atoms with van der Waals surface area (Å²) in [4.78, 5) is 21.1. The number of guanidine groups is 1. The van der Waals surface area contributed by atoms with Crippen molar-refractivity contribution in [3.63, 3.8) is 0 Å². The molecule has 6 nitrogen and oxygen atoms in total. The molecule has 4 N–H and O–H groups in total. The Bertz CT molecular complexity index is 1040. The van der Waals surface area contributed by atoms with Crippen LogP contribution in [-0.2, 0) is 0 Å². The first kappa shape index (κ1) is 20.3. The number of nitrogens with two attached hydrogens (primary N) is 2. The Balaban J connectivity index is 2.04. The number of carbonyl (C=O) groups is 1. The van der Waals surface area contributed by atoms with Crippen molar-refractivity contribution in [2.75, 3.05) is 6.61 Å². The molecule has 0 saturated carbocycles. The molecule has 0 fully saturated rings. The van der Waals surface area contributed by atoms with Crippen LogP contribution in [0, 0.1) is 5.92 Å². The van der Waals surface area contributed by atoms with E-state index in [0.717, 1.165) is 24.2 Å². The summed E-state index contributed by atoms with van der Waals surface area (Å²) in [6, 6.07) is 16.8. The van der Waals surface area contributed by atoms with E-state index in [-0.39, 0.29) is 5.96 Å². The van der Waals surface area contributed by atoms with E-state index in [9.17, 15) is 4.79 Å². The normalized spacial score (nSPS) is 11.8. The Labute approximate surface area is 170 Å². The van der Waals surface area contributed by atoms with Crippen molar-refractivity contribution in [2.45, 2.75) is 26.7 Å². The lowest BCUT2D eigenvalue weighted by Crippen LogP contribution is -2.24. The van der Waals surface area contributed by atoms with E-state index in [2.05, 4.69) is 18.8 Å². The number of carbonyl (C=O) groups excluding carboxylic acids is 1. The van der Waals surface area contributed by atoms with Gasteiger partial charge in [-0.25, -0.2) is 4.98 Å². The molecular formula is C23H26N4O2. The predicted octanol–water partition coefficient (Wildman–Crippen LogP) is 4.13. The number of fused-ring (bicyclic) bond motifs is 1. The van der Waals surface area contributed by atoms with Crippen LogP contribution in [-0.4, -0.2) is 23.5 Å². The lowest BCUT2D eigenvalue weighted by molar-refractivity contribution is 0.100. The molecule has 29 heavy (non-hydrogen) atoms. The highest BCUT2D eigenvalue weighted by Gasteiger charge is 2.16. The SMILES string of the molecule is CCC(C)CCOc1ccccc1-c1cc(C(=O)N=C(N)N)c2ccccc2n1. The number of pyridine rings is 1. The van der Waals surface area contributed by atoms with Crippen molar-refractivity contribution < 1.29 is 9.53 Å². The number of amides is 1. The van der Waals surface area contributed by atoms with Crippen LogP contribution >= 0.6 is 0 Å². The number of rotatable bonds is 7. The van der Waals surface area contributed by atoms with E-state index in [1.807, 2.05) is 48.5 Å². The number of aliphatic imine (C=N–C) groups is 1. The maximum atomic E-state index is 12.6. The van der Waals surface area contributed by atoms with E-state index in [4.69, 9.17) is 21.2 Å². The summed E-state index contributed by atoms with van der Waals surface area (Å²) in [7, 11) is 0. The van der Waals surface area contributed by atoms with Gasteiger partial charge in [-0.2, -0.15) is 4.99 Å². The van der Waals surface area contributed by atoms with Gasteiger partial charge in [0.15, 0.2) is 5.96 Å². The number of ether oxygens (including phenoxy) is 1. The third-order valence-electron chi connectivity index (χ3n) is 4.91. The van der Waals surface area contributed by atoms with Gasteiger partial charge in [-0.3, -0.25) is 4.79 Å². The largest absolute Gasteiger partial charge is 0.493 e. The fourth-order valence-corrected chi connectivity index (χ4v) is 3.05. The summed E-state index contributed by atoms with van der Waals surface area (Å²) >= 11 is 0. The highest BCUT2D eigenvalue weighted by Crippen LogP contribution is 2.32. The number of benzene rings is 2. The van der Waals surface area contributed by atoms with Gasteiger partial charge in [-0.05, 0) is 36.6 Å². The van der Waals surface area contributed by atoms with E-state index >= 15 is 0 Å². The van der Waals surface area contributed by atoms with Crippen LogP contribution in [0.25, 0.3) is 22.2 Å². The van der Waals surface area contributed by atoms with Crippen molar-refractivity contribution in [1.29, 1.82) is 0 Å². The second kappa shape index (κ2) is 9.19. The van der Waals surface area contributed by atoms with E-state index in [1.165, 1.54) is 0 Å². The minimum Gasteiger partial charge on any atom is -0.493 e. The molecule has 1 aromatic heterocycles. The Morgan fingerprint density at radius 1 is 1.14 bits per heavy atom. The number of hydrogen-bond donors (Lipinski definition) is 2. The fraction of sp³-hybridized carbons (Fsp3) is 0.261. The van der Waals surface area contributed by atoms with Crippen LogP contribution in [0.3, 0.4) is 0 Å². The highest BCUT2D eigenvalue weighted by molar-refractivity contribution is 6.10. The minimum absolute atomic E-state index is 0.272. The minimum atomic E-state index is -0.500. The van der Waals surface area contributed by atoms with Crippen LogP contribution in [0.1, 0.15) is 37.0 Å². The third-order valence-corrected chi connectivity index (χ3v) is 4.91. The Kier molecular flexibility index (Phi) is 6.44. The number of hydrogen-bond acceptors (Lipinski definition) is 3. The number of para-hydroxylation sites is 2.